The number of piperazine rings is 1. The quantitative estimate of drug-likeness (QED) is 0.773. The summed E-state index contributed by atoms with van der Waals surface area (Å²) in [6.45, 7) is 4.06. The number of nitrogens with one attached hydrogen (secondary N) is 1. The minimum absolute atomic E-state index is 0.00383. The fourth-order valence-corrected chi connectivity index (χ4v) is 2.83. The first kappa shape index (κ1) is 18.9. The molecule has 2 rings (SSSR count). The molecule has 0 bridgehead atoms. The summed E-state index contributed by atoms with van der Waals surface area (Å²) < 4.78 is 0. The Morgan fingerprint density at radius 2 is 1.68 bits per heavy atom. The molecule has 0 spiro atoms. The van der Waals surface area contributed by atoms with Gasteiger partial charge in [0.25, 0.3) is 0 Å². The van der Waals surface area contributed by atoms with Gasteiger partial charge in [-0.3, -0.25) is 14.4 Å². The van der Waals surface area contributed by atoms with E-state index >= 15 is 0 Å². The van der Waals surface area contributed by atoms with Crippen LogP contribution in [0.5, 0.6) is 0 Å². The van der Waals surface area contributed by atoms with Crippen molar-refractivity contribution in [1.82, 2.24) is 15.1 Å². The van der Waals surface area contributed by atoms with Gasteiger partial charge in [-0.05, 0) is 5.56 Å². The molecule has 0 radical (unpaired) electrons. The van der Waals surface area contributed by atoms with E-state index < -0.39 is 0 Å². The number of amides is 3. The molecule has 1 atom stereocenters. The number of nitrogens with zero attached hydrogens (tertiary/aromatic N) is 2. The average molecular weight is 346 g/mol. The molecule has 1 aromatic rings. The Hall–Kier alpha value is -2.41. The molecular formula is C18H26N4O3. The van der Waals surface area contributed by atoms with Crippen LogP contribution in [-0.2, 0) is 14.4 Å². The third kappa shape index (κ3) is 5.86. The minimum atomic E-state index is -0.350. The van der Waals surface area contributed by atoms with Crippen molar-refractivity contribution in [2.45, 2.75) is 25.8 Å². The molecule has 0 aromatic heterocycles. The van der Waals surface area contributed by atoms with Gasteiger partial charge in [0, 0.05) is 58.5 Å². The minimum Gasteiger partial charge on any atom is -0.356 e. The van der Waals surface area contributed by atoms with Crippen LogP contribution in [-0.4, -0.2) is 60.2 Å². The van der Waals surface area contributed by atoms with Crippen molar-refractivity contribution in [2.75, 3.05) is 32.7 Å². The SMILES string of the molecule is CC(=O)N1CCN(C(=O)CCNC(=O)CC(N)c2ccccc2)CC1. The zero-order valence-corrected chi connectivity index (χ0v) is 14.6. The molecule has 0 aliphatic carbocycles. The highest BCUT2D eigenvalue weighted by Gasteiger charge is 2.22. The molecule has 1 heterocycles. The van der Waals surface area contributed by atoms with Crippen molar-refractivity contribution < 1.29 is 14.4 Å². The van der Waals surface area contributed by atoms with Gasteiger partial charge >= 0.3 is 0 Å². The molecule has 1 unspecified atom stereocenters. The van der Waals surface area contributed by atoms with Crippen LogP contribution in [0.2, 0.25) is 0 Å². The lowest BCUT2D eigenvalue weighted by atomic mass is 10.0. The Labute approximate surface area is 148 Å². The predicted octanol–water partition coefficient (Wildman–Crippen LogP) is 0.274. The second-order valence-electron chi connectivity index (χ2n) is 6.21. The smallest absolute Gasteiger partial charge is 0.224 e. The summed E-state index contributed by atoms with van der Waals surface area (Å²) in [5.41, 5.74) is 6.93. The fourth-order valence-electron chi connectivity index (χ4n) is 2.83. The monoisotopic (exact) mass is 346 g/mol. The molecular weight excluding hydrogens is 320 g/mol. The van der Waals surface area contributed by atoms with Gasteiger partial charge in [0.1, 0.15) is 0 Å². The van der Waals surface area contributed by atoms with Crippen molar-refractivity contribution in [3.05, 3.63) is 35.9 Å². The Balaban J connectivity index is 1.66. The second kappa shape index (κ2) is 9.17. The van der Waals surface area contributed by atoms with Crippen LogP contribution in [0.15, 0.2) is 30.3 Å². The molecule has 1 aliphatic heterocycles. The van der Waals surface area contributed by atoms with E-state index in [1.54, 1.807) is 9.80 Å². The van der Waals surface area contributed by atoms with Crippen LogP contribution in [0.3, 0.4) is 0 Å². The molecule has 1 aromatic carbocycles. The van der Waals surface area contributed by atoms with Crippen molar-refractivity contribution in [3.8, 4) is 0 Å². The summed E-state index contributed by atoms with van der Waals surface area (Å²) in [4.78, 5) is 38.8. The first-order chi connectivity index (χ1) is 12.0. The van der Waals surface area contributed by atoms with Gasteiger partial charge < -0.3 is 20.9 Å². The highest BCUT2D eigenvalue weighted by Crippen LogP contribution is 2.12. The van der Waals surface area contributed by atoms with E-state index in [0.717, 1.165) is 5.56 Å². The molecule has 136 valence electrons. The molecule has 0 saturated carbocycles. The van der Waals surface area contributed by atoms with Crippen molar-refractivity contribution >= 4 is 17.7 Å². The summed E-state index contributed by atoms with van der Waals surface area (Å²) in [7, 11) is 0. The summed E-state index contributed by atoms with van der Waals surface area (Å²) in [5.74, 6) is -0.129. The van der Waals surface area contributed by atoms with Gasteiger partial charge in [0.15, 0.2) is 0 Å². The van der Waals surface area contributed by atoms with E-state index in [4.69, 9.17) is 5.73 Å². The molecule has 25 heavy (non-hydrogen) atoms. The number of nitrogens with two attached hydrogens (primary N) is 1. The normalized spacial score (nSPS) is 15.6. The Kier molecular flexibility index (Phi) is 6.94. The molecule has 1 fully saturated rings. The highest BCUT2D eigenvalue weighted by molar-refractivity contribution is 5.80. The van der Waals surface area contributed by atoms with Crippen molar-refractivity contribution in [3.63, 3.8) is 0 Å². The zero-order valence-electron chi connectivity index (χ0n) is 14.6. The second-order valence-corrected chi connectivity index (χ2v) is 6.21. The molecule has 1 saturated heterocycles. The third-order valence-electron chi connectivity index (χ3n) is 4.37. The van der Waals surface area contributed by atoms with E-state index in [1.165, 1.54) is 6.92 Å². The molecule has 3 amide bonds. The van der Waals surface area contributed by atoms with Crippen molar-refractivity contribution in [2.24, 2.45) is 5.73 Å². The van der Waals surface area contributed by atoms with E-state index in [9.17, 15) is 14.4 Å². The largest absolute Gasteiger partial charge is 0.356 e. The van der Waals surface area contributed by atoms with Gasteiger partial charge in [-0.2, -0.15) is 0 Å². The van der Waals surface area contributed by atoms with Crippen LogP contribution < -0.4 is 11.1 Å². The summed E-state index contributed by atoms with van der Waals surface area (Å²) in [6.07, 6.45) is 0.446. The van der Waals surface area contributed by atoms with Gasteiger partial charge in [0.05, 0.1) is 0 Å². The predicted molar refractivity (Wildman–Crippen MR) is 94.4 cm³/mol. The molecule has 3 N–H and O–H groups in total. The Morgan fingerprint density at radius 3 is 2.28 bits per heavy atom. The zero-order chi connectivity index (χ0) is 18.2. The maximum absolute atomic E-state index is 12.1. The number of rotatable bonds is 6. The summed E-state index contributed by atoms with van der Waals surface area (Å²) in [5, 5.41) is 2.75. The van der Waals surface area contributed by atoms with Gasteiger partial charge in [-0.15, -0.1) is 0 Å². The maximum Gasteiger partial charge on any atom is 0.224 e. The summed E-state index contributed by atoms with van der Waals surface area (Å²) >= 11 is 0. The highest BCUT2D eigenvalue weighted by atomic mass is 16.2. The number of benzene rings is 1. The topological polar surface area (TPSA) is 95.7 Å². The molecule has 7 nitrogen and oxygen atoms in total. The first-order valence-corrected chi connectivity index (χ1v) is 8.58. The number of carbonyl (C=O) groups is 3. The number of carbonyl (C=O) groups excluding carboxylic acids is 3. The van der Waals surface area contributed by atoms with Crippen LogP contribution in [0.4, 0.5) is 0 Å². The van der Waals surface area contributed by atoms with E-state index in [2.05, 4.69) is 5.32 Å². The van der Waals surface area contributed by atoms with Crippen LogP contribution >= 0.6 is 0 Å². The van der Waals surface area contributed by atoms with E-state index in [0.29, 0.717) is 32.7 Å². The lowest BCUT2D eigenvalue weighted by Crippen LogP contribution is -2.50. The fraction of sp³-hybridized carbons (Fsp3) is 0.500. The number of hydrogen-bond donors (Lipinski definition) is 2. The lowest BCUT2D eigenvalue weighted by Gasteiger charge is -2.34. The van der Waals surface area contributed by atoms with E-state index in [-0.39, 0.29) is 36.6 Å². The van der Waals surface area contributed by atoms with Gasteiger partial charge in [-0.1, -0.05) is 30.3 Å². The van der Waals surface area contributed by atoms with E-state index in [1.807, 2.05) is 30.3 Å². The summed E-state index contributed by atoms with van der Waals surface area (Å²) in [6, 6.07) is 9.11. The number of hydrogen-bond acceptors (Lipinski definition) is 4. The Morgan fingerprint density at radius 1 is 1.08 bits per heavy atom. The van der Waals surface area contributed by atoms with Crippen LogP contribution in [0.25, 0.3) is 0 Å². The molecule has 7 heteroatoms. The standard InChI is InChI=1S/C18H26N4O3/c1-14(23)21-9-11-22(12-10-21)18(25)7-8-20-17(24)13-16(19)15-5-3-2-4-6-15/h2-6,16H,7-13,19H2,1H3,(H,20,24). The Bertz CT molecular complexity index is 598. The third-order valence-corrected chi connectivity index (χ3v) is 4.37. The average Bonchev–Trinajstić information content (AvgIpc) is 2.62. The first-order valence-electron chi connectivity index (χ1n) is 8.58. The lowest BCUT2D eigenvalue weighted by molar-refractivity contribution is -0.138. The molecule has 1 aliphatic rings. The maximum atomic E-state index is 12.1. The van der Waals surface area contributed by atoms with Crippen molar-refractivity contribution in [1.29, 1.82) is 0 Å². The van der Waals surface area contributed by atoms with Gasteiger partial charge in [-0.25, -0.2) is 0 Å². The van der Waals surface area contributed by atoms with Crippen LogP contribution in [0.1, 0.15) is 31.4 Å². The van der Waals surface area contributed by atoms with Gasteiger partial charge in [0.2, 0.25) is 17.7 Å². The van der Waals surface area contributed by atoms with Crippen LogP contribution in [0, 0.1) is 0 Å².